The number of hydrogen-bond donors (Lipinski definition) is 1. The zero-order valence-electron chi connectivity index (χ0n) is 10.5. The Kier molecular flexibility index (Phi) is 5.22. The van der Waals surface area contributed by atoms with Crippen molar-refractivity contribution in [2.45, 2.75) is 51.1 Å². The van der Waals surface area contributed by atoms with E-state index in [1.54, 1.807) is 0 Å². The first-order chi connectivity index (χ1) is 7.64. The topological polar surface area (TPSA) is 47.6 Å². The lowest BCUT2D eigenvalue weighted by Crippen LogP contribution is -2.56. The third kappa shape index (κ3) is 3.19. The molecule has 0 aromatic rings. The van der Waals surface area contributed by atoms with E-state index in [-0.39, 0.29) is 5.97 Å². The number of methoxy groups -OCH3 is 1. The van der Waals surface area contributed by atoms with Crippen LogP contribution in [0.5, 0.6) is 0 Å². The summed E-state index contributed by atoms with van der Waals surface area (Å²) in [6.07, 6.45) is 3.40. The molecule has 0 radical (unpaired) electrons. The van der Waals surface area contributed by atoms with E-state index in [1.165, 1.54) is 7.11 Å². The maximum absolute atomic E-state index is 12.0. The second-order valence-electron chi connectivity index (χ2n) is 4.49. The molecule has 1 fully saturated rings. The average molecular weight is 229 g/mol. The molecule has 1 saturated heterocycles. The fraction of sp³-hybridized carbons (Fsp3) is 0.917. The molecule has 4 nitrogen and oxygen atoms in total. The first-order valence-electron chi connectivity index (χ1n) is 6.08. The Morgan fingerprint density at radius 3 is 2.88 bits per heavy atom. The van der Waals surface area contributed by atoms with Crippen LogP contribution in [0.3, 0.4) is 0 Å². The molecule has 1 aliphatic rings. The van der Waals surface area contributed by atoms with Crippen LogP contribution in [0.2, 0.25) is 0 Å². The van der Waals surface area contributed by atoms with Gasteiger partial charge in [-0.25, -0.2) is 0 Å². The summed E-state index contributed by atoms with van der Waals surface area (Å²) in [4.78, 5) is 12.0. The van der Waals surface area contributed by atoms with Gasteiger partial charge in [-0.1, -0.05) is 6.92 Å². The van der Waals surface area contributed by atoms with E-state index in [0.29, 0.717) is 19.1 Å². The summed E-state index contributed by atoms with van der Waals surface area (Å²) in [5, 5.41) is 3.42. The lowest BCUT2D eigenvalue weighted by Gasteiger charge is -2.33. The van der Waals surface area contributed by atoms with E-state index < -0.39 is 5.54 Å². The van der Waals surface area contributed by atoms with E-state index >= 15 is 0 Å². The maximum Gasteiger partial charge on any atom is 0.326 e. The molecule has 1 rings (SSSR count). The lowest BCUT2D eigenvalue weighted by atomic mass is 9.89. The number of carbonyl (C=O) groups excluding carboxylic acids is 1. The van der Waals surface area contributed by atoms with Crippen LogP contribution in [0.25, 0.3) is 0 Å². The van der Waals surface area contributed by atoms with Gasteiger partial charge in [-0.2, -0.15) is 0 Å². The fourth-order valence-electron chi connectivity index (χ4n) is 2.13. The zero-order chi connectivity index (χ0) is 12.0. The van der Waals surface area contributed by atoms with Gasteiger partial charge in [0.25, 0.3) is 0 Å². The van der Waals surface area contributed by atoms with Gasteiger partial charge in [0.1, 0.15) is 5.54 Å². The third-order valence-electron chi connectivity index (χ3n) is 3.28. The van der Waals surface area contributed by atoms with E-state index in [9.17, 15) is 4.79 Å². The largest absolute Gasteiger partial charge is 0.468 e. The van der Waals surface area contributed by atoms with Gasteiger partial charge >= 0.3 is 5.97 Å². The minimum absolute atomic E-state index is 0.154. The van der Waals surface area contributed by atoms with E-state index in [0.717, 1.165) is 25.9 Å². The summed E-state index contributed by atoms with van der Waals surface area (Å²) in [6.45, 7) is 5.56. The highest BCUT2D eigenvalue weighted by Gasteiger charge is 2.40. The summed E-state index contributed by atoms with van der Waals surface area (Å²) >= 11 is 0. The molecule has 16 heavy (non-hydrogen) atoms. The highest BCUT2D eigenvalue weighted by Crippen LogP contribution is 2.24. The number of carbonyl (C=O) groups is 1. The quantitative estimate of drug-likeness (QED) is 0.742. The molecular weight excluding hydrogens is 206 g/mol. The van der Waals surface area contributed by atoms with Gasteiger partial charge < -0.3 is 9.47 Å². The third-order valence-corrected chi connectivity index (χ3v) is 3.28. The Morgan fingerprint density at radius 2 is 2.25 bits per heavy atom. The molecule has 0 amide bonds. The van der Waals surface area contributed by atoms with Crippen LogP contribution in [0.4, 0.5) is 0 Å². The smallest absolute Gasteiger partial charge is 0.326 e. The molecule has 2 unspecified atom stereocenters. The van der Waals surface area contributed by atoms with Gasteiger partial charge in [0.05, 0.1) is 7.11 Å². The van der Waals surface area contributed by atoms with Crippen molar-refractivity contribution in [3.63, 3.8) is 0 Å². The van der Waals surface area contributed by atoms with Crippen molar-refractivity contribution in [1.29, 1.82) is 0 Å². The van der Waals surface area contributed by atoms with Crippen LogP contribution in [0.1, 0.15) is 39.5 Å². The molecule has 4 heteroatoms. The van der Waals surface area contributed by atoms with Gasteiger partial charge in [0.15, 0.2) is 0 Å². The Morgan fingerprint density at radius 1 is 1.50 bits per heavy atom. The Hall–Kier alpha value is -0.610. The Balaban J connectivity index is 2.77. The molecule has 1 aliphatic heterocycles. The van der Waals surface area contributed by atoms with Gasteiger partial charge in [0, 0.05) is 19.3 Å². The molecule has 0 saturated carbocycles. The lowest BCUT2D eigenvalue weighted by molar-refractivity contribution is -0.149. The van der Waals surface area contributed by atoms with Crippen molar-refractivity contribution in [1.82, 2.24) is 5.32 Å². The van der Waals surface area contributed by atoms with E-state index in [1.807, 2.05) is 0 Å². The van der Waals surface area contributed by atoms with Crippen LogP contribution in [0.15, 0.2) is 0 Å². The summed E-state index contributed by atoms with van der Waals surface area (Å²) in [6, 6.07) is 0.317. The number of nitrogens with one attached hydrogen (secondary N) is 1. The summed E-state index contributed by atoms with van der Waals surface area (Å²) in [5.41, 5.74) is -0.541. The highest BCUT2D eigenvalue weighted by molar-refractivity contribution is 5.80. The van der Waals surface area contributed by atoms with Crippen LogP contribution in [-0.2, 0) is 14.3 Å². The fourth-order valence-corrected chi connectivity index (χ4v) is 2.13. The molecular formula is C12H23NO3. The first kappa shape index (κ1) is 13.5. The molecule has 0 aromatic heterocycles. The normalized spacial score (nSPS) is 28.2. The summed E-state index contributed by atoms with van der Waals surface area (Å²) in [7, 11) is 1.45. The SMILES string of the molecule is CCC(C)NC1(C(=O)OC)CCCOCC1. The molecule has 0 bridgehead atoms. The molecule has 1 N–H and O–H groups in total. The summed E-state index contributed by atoms with van der Waals surface area (Å²) in [5.74, 6) is -0.154. The molecule has 1 heterocycles. The number of esters is 1. The molecule has 0 aliphatic carbocycles. The molecule has 0 aromatic carbocycles. The van der Waals surface area contributed by atoms with Crippen LogP contribution < -0.4 is 5.32 Å². The van der Waals surface area contributed by atoms with Crippen molar-refractivity contribution in [2.24, 2.45) is 0 Å². The average Bonchev–Trinajstić information content (AvgIpc) is 2.54. The number of hydrogen-bond acceptors (Lipinski definition) is 4. The van der Waals surface area contributed by atoms with Crippen molar-refractivity contribution in [2.75, 3.05) is 20.3 Å². The zero-order valence-corrected chi connectivity index (χ0v) is 10.5. The Bertz CT molecular complexity index is 222. The molecule has 2 atom stereocenters. The van der Waals surface area contributed by atoms with Crippen LogP contribution in [-0.4, -0.2) is 37.9 Å². The van der Waals surface area contributed by atoms with Crippen LogP contribution >= 0.6 is 0 Å². The second-order valence-corrected chi connectivity index (χ2v) is 4.49. The minimum Gasteiger partial charge on any atom is -0.468 e. The van der Waals surface area contributed by atoms with Crippen molar-refractivity contribution in [3.8, 4) is 0 Å². The minimum atomic E-state index is -0.541. The highest BCUT2D eigenvalue weighted by atomic mass is 16.5. The Labute approximate surface area is 97.7 Å². The standard InChI is InChI=1S/C12H23NO3/c1-4-10(2)13-12(11(14)15-3)6-5-8-16-9-7-12/h10,13H,4-9H2,1-3H3. The summed E-state index contributed by atoms with van der Waals surface area (Å²) < 4.78 is 10.3. The van der Waals surface area contributed by atoms with Crippen molar-refractivity contribution >= 4 is 5.97 Å². The number of rotatable bonds is 4. The van der Waals surface area contributed by atoms with Gasteiger partial charge in [0.2, 0.25) is 0 Å². The predicted octanol–water partition coefficient (Wildman–Crippen LogP) is 1.49. The maximum atomic E-state index is 12.0. The number of ether oxygens (including phenoxy) is 2. The van der Waals surface area contributed by atoms with Crippen LogP contribution in [0, 0.1) is 0 Å². The predicted molar refractivity (Wildman–Crippen MR) is 62.3 cm³/mol. The first-order valence-corrected chi connectivity index (χ1v) is 6.08. The van der Waals surface area contributed by atoms with E-state index in [4.69, 9.17) is 9.47 Å². The molecule has 94 valence electrons. The van der Waals surface area contributed by atoms with Gasteiger partial charge in [-0.15, -0.1) is 0 Å². The van der Waals surface area contributed by atoms with Crippen molar-refractivity contribution < 1.29 is 14.3 Å². The monoisotopic (exact) mass is 229 g/mol. The van der Waals surface area contributed by atoms with Gasteiger partial charge in [-0.05, 0) is 32.6 Å². The molecule has 0 spiro atoms. The van der Waals surface area contributed by atoms with Gasteiger partial charge in [-0.3, -0.25) is 10.1 Å². The van der Waals surface area contributed by atoms with Crippen molar-refractivity contribution in [3.05, 3.63) is 0 Å². The second kappa shape index (κ2) is 6.21. The van der Waals surface area contributed by atoms with E-state index in [2.05, 4.69) is 19.2 Å².